The summed E-state index contributed by atoms with van der Waals surface area (Å²) in [5, 5.41) is 4.13. The zero-order valence-electron chi connectivity index (χ0n) is 14.8. The molecule has 0 saturated heterocycles. The van der Waals surface area contributed by atoms with Crippen molar-refractivity contribution in [1.29, 1.82) is 0 Å². The second-order valence-electron chi connectivity index (χ2n) is 5.50. The zero-order chi connectivity index (χ0) is 18.1. The number of aryl methyl sites for hydroxylation is 1. The normalized spacial score (nSPS) is 10.8. The molecule has 134 valence electrons. The molecule has 0 radical (unpaired) electrons. The lowest BCUT2D eigenvalue weighted by Crippen LogP contribution is -2.10. The number of ether oxygens (including phenoxy) is 2. The van der Waals surface area contributed by atoms with Crippen LogP contribution in [0.3, 0.4) is 0 Å². The topological polar surface area (TPSA) is 88.6 Å². The average molecular weight is 344 g/mol. The number of H-pyrrole nitrogens is 1. The van der Waals surface area contributed by atoms with E-state index in [1.165, 1.54) is 6.07 Å². The van der Waals surface area contributed by atoms with Crippen molar-refractivity contribution in [1.82, 2.24) is 9.97 Å². The standard InChI is InChI=1S/C18H24N4O3/c1-4-8-24-15-7-6-14(16(11-15)25-9-5-2)12-19-22-18-20-13(3)10-17(23)21-18/h6-7,10-12H,4-5,8-9H2,1-3H3,(H2,20,21,22,23). The highest BCUT2D eigenvalue weighted by molar-refractivity contribution is 5.84. The lowest BCUT2D eigenvalue weighted by Gasteiger charge is -2.11. The maximum atomic E-state index is 11.4. The van der Waals surface area contributed by atoms with Crippen molar-refractivity contribution in [3.63, 3.8) is 0 Å². The van der Waals surface area contributed by atoms with Crippen LogP contribution in [-0.2, 0) is 0 Å². The van der Waals surface area contributed by atoms with Crippen LogP contribution in [0.5, 0.6) is 11.5 Å². The van der Waals surface area contributed by atoms with Crippen molar-refractivity contribution in [2.75, 3.05) is 18.6 Å². The SMILES string of the molecule is CCCOc1ccc(C=NNc2nc(C)cc(=O)[nH]2)c(OCCC)c1. The lowest BCUT2D eigenvalue weighted by molar-refractivity contribution is 0.301. The first kappa shape index (κ1) is 18.5. The lowest BCUT2D eigenvalue weighted by atomic mass is 10.2. The molecule has 0 unspecified atom stereocenters. The molecule has 0 atom stereocenters. The molecular weight excluding hydrogens is 320 g/mol. The van der Waals surface area contributed by atoms with Crippen LogP contribution in [-0.4, -0.2) is 29.4 Å². The van der Waals surface area contributed by atoms with Gasteiger partial charge in [0.2, 0.25) is 5.95 Å². The molecule has 7 heteroatoms. The molecule has 1 heterocycles. The van der Waals surface area contributed by atoms with Gasteiger partial charge in [-0.2, -0.15) is 5.10 Å². The first-order chi connectivity index (χ1) is 12.1. The van der Waals surface area contributed by atoms with E-state index in [-0.39, 0.29) is 5.56 Å². The predicted octanol–water partition coefficient (Wildman–Crippen LogP) is 3.10. The minimum Gasteiger partial charge on any atom is -0.493 e. The summed E-state index contributed by atoms with van der Waals surface area (Å²) in [5.74, 6) is 1.76. The Morgan fingerprint density at radius 2 is 1.96 bits per heavy atom. The van der Waals surface area contributed by atoms with Gasteiger partial charge in [0.15, 0.2) is 0 Å². The van der Waals surface area contributed by atoms with Gasteiger partial charge in [0.1, 0.15) is 11.5 Å². The fourth-order valence-corrected chi connectivity index (χ4v) is 2.06. The predicted molar refractivity (Wildman–Crippen MR) is 98.8 cm³/mol. The first-order valence-corrected chi connectivity index (χ1v) is 8.39. The molecule has 1 aromatic carbocycles. The minimum atomic E-state index is -0.227. The maximum Gasteiger partial charge on any atom is 0.252 e. The third kappa shape index (κ3) is 5.95. The molecule has 0 fully saturated rings. The third-order valence-electron chi connectivity index (χ3n) is 3.16. The molecule has 2 N–H and O–H groups in total. The van der Waals surface area contributed by atoms with Crippen molar-refractivity contribution >= 4 is 12.2 Å². The van der Waals surface area contributed by atoms with Gasteiger partial charge in [0.25, 0.3) is 5.56 Å². The Kier molecular flexibility index (Phi) is 7.00. The molecule has 7 nitrogen and oxygen atoms in total. The largest absolute Gasteiger partial charge is 0.493 e. The summed E-state index contributed by atoms with van der Waals surface area (Å²) in [4.78, 5) is 18.1. The highest BCUT2D eigenvalue weighted by Gasteiger charge is 2.05. The van der Waals surface area contributed by atoms with Crippen LogP contribution >= 0.6 is 0 Å². The van der Waals surface area contributed by atoms with Gasteiger partial charge in [-0.05, 0) is 31.9 Å². The van der Waals surface area contributed by atoms with Crippen molar-refractivity contribution < 1.29 is 9.47 Å². The molecule has 1 aromatic heterocycles. The van der Waals surface area contributed by atoms with Gasteiger partial charge in [0.05, 0.1) is 19.4 Å². The highest BCUT2D eigenvalue weighted by atomic mass is 16.5. The molecule has 2 aromatic rings. The Labute approximate surface area is 147 Å². The number of nitrogens with one attached hydrogen (secondary N) is 2. The molecule has 2 rings (SSSR count). The van der Waals surface area contributed by atoms with Gasteiger partial charge < -0.3 is 9.47 Å². The number of hydrogen-bond donors (Lipinski definition) is 2. The Balaban J connectivity index is 2.14. The molecule has 0 saturated carbocycles. The Morgan fingerprint density at radius 1 is 1.20 bits per heavy atom. The number of rotatable bonds is 9. The number of aromatic nitrogens is 2. The molecule has 0 aliphatic heterocycles. The molecule has 0 bridgehead atoms. The second-order valence-corrected chi connectivity index (χ2v) is 5.50. The fourth-order valence-electron chi connectivity index (χ4n) is 2.06. The van der Waals surface area contributed by atoms with E-state index in [2.05, 4.69) is 27.4 Å². The highest BCUT2D eigenvalue weighted by Crippen LogP contribution is 2.24. The fraction of sp³-hybridized carbons (Fsp3) is 0.389. The van der Waals surface area contributed by atoms with Gasteiger partial charge in [-0.25, -0.2) is 10.4 Å². The molecule has 0 spiro atoms. The van der Waals surface area contributed by atoms with E-state index in [9.17, 15) is 4.79 Å². The summed E-state index contributed by atoms with van der Waals surface area (Å²) in [6.07, 6.45) is 3.47. The quantitative estimate of drug-likeness (QED) is 0.539. The first-order valence-electron chi connectivity index (χ1n) is 8.39. The number of nitrogens with zero attached hydrogens (tertiary/aromatic N) is 2. The molecule has 0 aliphatic rings. The summed E-state index contributed by atoms with van der Waals surface area (Å²) in [6, 6.07) is 7.04. The van der Waals surface area contributed by atoms with E-state index < -0.39 is 0 Å². The smallest absolute Gasteiger partial charge is 0.252 e. The molecular formula is C18H24N4O3. The van der Waals surface area contributed by atoms with Crippen molar-refractivity contribution in [3.8, 4) is 11.5 Å². The van der Waals surface area contributed by atoms with E-state index in [0.29, 0.717) is 30.6 Å². The molecule has 25 heavy (non-hydrogen) atoms. The minimum absolute atomic E-state index is 0.227. The van der Waals surface area contributed by atoms with Crippen molar-refractivity contribution in [3.05, 3.63) is 45.9 Å². The van der Waals surface area contributed by atoms with E-state index in [1.807, 2.05) is 25.1 Å². The number of hydrazone groups is 1. The summed E-state index contributed by atoms with van der Waals surface area (Å²) >= 11 is 0. The van der Waals surface area contributed by atoms with Gasteiger partial charge in [-0.3, -0.25) is 9.78 Å². The molecule has 0 amide bonds. The molecule has 0 aliphatic carbocycles. The third-order valence-corrected chi connectivity index (χ3v) is 3.16. The second kappa shape index (κ2) is 9.46. The number of anilines is 1. The van der Waals surface area contributed by atoms with Gasteiger partial charge in [0, 0.05) is 23.4 Å². The van der Waals surface area contributed by atoms with Crippen LogP contribution < -0.4 is 20.5 Å². The Bertz CT molecular complexity index is 771. The number of aromatic amines is 1. The van der Waals surface area contributed by atoms with E-state index in [1.54, 1.807) is 13.1 Å². The summed E-state index contributed by atoms with van der Waals surface area (Å²) in [6.45, 7) is 7.13. The Hall–Kier alpha value is -2.83. The van der Waals surface area contributed by atoms with Crippen LogP contribution in [0.4, 0.5) is 5.95 Å². The van der Waals surface area contributed by atoms with Gasteiger partial charge in [-0.1, -0.05) is 13.8 Å². The van der Waals surface area contributed by atoms with Crippen LogP contribution in [0.15, 0.2) is 34.2 Å². The van der Waals surface area contributed by atoms with Crippen molar-refractivity contribution in [2.45, 2.75) is 33.6 Å². The monoisotopic (exact) mass is 344 g/mol. The van der Waals surface area contributed by atoms with Gasteiger partial charge in [-0.15, -0.1) is 0 Å². The number of benzene rings is 1. The Morgan fingerprint density at radius 3 is 2.68 bits per heavy atom. The average Bonchev–Trinajstić information content (AvgIpc) is 2.58. The van der Waals surface area contributed by atoms with E-state index >= 15 is 0 Å². The summed E-state index contributed by atoms with van der Waals surface area (Å²) in [5.41, 5.74) is 3.92. The van der Waals surface area contributed by atoms with Crippen LogP contribution in [0.25, 0.3) is 0 Å². The summed E-state index contributed by atoms with van der Waals surface area (Å²) < 4.78 is 11.4. The van der Waals surface area contributed by atoms with Crippen LogP contribution in [0, 0.1) is 6.92 Å². The zero-order valence-corrected chi connectivity index (χ0v) is 14.8. The van der Waals surface area contributed by atoms with Crippen LogP contribution in [0.2, 0.25) is 0 Å². The van der Waals surface area contributed by atoms with E-state index in [0.717, 1.165) is 24.2 Å². The number of hydrogen-bond acceptors (Lipinski definition) is 6. The van der Waals surface area contributed by atoms with Crippen molar-refractivity contribution in [2.24, 2.45) is 5.10 Å². The van der Waals surface area contributed by atoms with Gasteiger partial charge >= 0.3 is 0 Å². The maximum absolute atomic E-state index is 11.4. The van der Waals surface area contributed by atoms with Crippen LogP contribution in [0.1, 0.15) is 37.9 Å². The van der Waals surface area contributed by atoms with E-state index in [4.69, 9.17) is 9.47 Å². The summed E-state index contributed by atoms with van der Waals surface area (Å²) in [7, 11) is 0.